The number of ether oxygens (including phenoxy) is 3. The molecule has 6 heteroatoms. The number of esters is 2. The Kier molecular flexibility index (Phi) is 11.8. The molecule has 0 aromatic heterocycles. The van der Waals surface area contributed by atoms with E-state index in [4.69, 9.17) is 14.2 Å². The fourth-order valence-electron chi connectivity index (χ4n) is 3.90. The molecule has 0 fully saturated rings. The first-order chi connectivity index (χ1) is 19.0. The van der Waals surface area contributed by atoms with E-state index in [0.29, 0.717) is 39.3 Å². The molecule has 0 aliphatic carbocycles. The molecular weight excluding hydrogens is 490 g/mol. The van der Waals surface area contributed by atoms with E-state index >= 15 is 0 Å². The summed E-state index contributed by atoms with van der Waals surface area (Å²) in [6.45, 7) is 12.3. The Labute approximate surface area is 230 Å². The minimum atomic E-state index is -0.421. The lowest BCUT2D eigenvalue weighted by atomic mass is 10.1. The van der Waals surface area contributed by atoms with Gasteiger partial charge in [0.1, 0.15) is 0 Å². The van der Waals surface area contributed by atoms with Gasteiger partial charge in [0.25, 0.3) is 0 Å². The minimum absolute atomic E-state index is 0.301. The van der Waals surface area contributed by atoms with Gasteiger partial charge in [-0.3, -0.25) is 0 Å². The Morgan fingerprint density at radius 3 is 1.28 bits per heavy atom. The van der Waals surface area contributed by atoms with Crippen LogP contribution in [0.4, 0.5) is 17.1 Å². The van der Waals surface area contributed by atoms with Gasteiger partial charge in [0.2, 0.25) is 0 Å². The lowest BCUT2D eigenvalue weighted by Gasteiger charge is -2.26. The van der Waals surface area contributed by atoms with Crippen molar-refractivity contribution in [3.8, 4) is 0 Å². The van der Waals surface area contributed by atoms with Gasteiger partial charge in [-0.1, -0.05) is 55.6 Å². The van der Waals surface area contributed by atoms with Crippen molar-refractivity contribution in [2.45, 2.75) is 19.3 Å². The molecule has 0 N–H and O–H groups in total. The van der Waals surface area contributed by atoms with Gasteiger partial charge in [0.15, 0.2) is 0 Å². The number of benzene rings is 3. The first-order valence-corrected chi connectivity index (χ1v) is 12.9. The Balaban J connectivity index is 1.79. The van der Waals surface area contributed by atoms with Gasteiger partial charge in [-0.25, -0.2) is 9.59 Å². The van der Waals surface area contributed by atoms with Crippen molar-refractivity contribution in [3.05, 3.63) is 127 Å². The minimum Gasteiger partial charge on any atom is -0.462 e. The fraction of sp³-hybridized carbons (Fsp3) is 0.212. The summed E-state index contributed by atoms with van der Waals surface area (Å²) >= 11 is 0. The zero-order chi connectivity index (χ0) is 27.9. The van der Waals surface area contributed by atoms with Crippen LogP contribution in [-0.4, -0.2) is 38.4 Å². The van der Waals surface area contributed by atoms with Crippen LogP contribution in [0.1, 0.15) is 16.7 Å². The number of carbonyl (C=O) groups excluding carboxylic acids is 2. The summed E-state index contributed by atoms with van der Waals surface area (Å²) < 4.78 is 15.7. The van der Waals surface area contributed by atoms with Crippen molar-refractivity contribution in [2.75, 3.05) is 31.3 Å². The first-order valence-electron chi connectivity index (χ1n) is 12.9. The van der Waals surface area contributed by atoms with Crippen LogP contribution in [0.5, 0.6) is 0 Å². The summed E-state index contributed by atoms with van der Waals surface area (Å²) in [5.74, 6) is -0.841. The molecule has 0 bridgehead atoms. The number of hydrogen-bond donors (Lipinski definition) is 0. The molecule has 202 valence electrons. The van der Waals surface area contributed by atoms with Crippen LogP contribution in [0.15, 0.2) is 111 Å². The number of rotatable bonds is 16. The molecule has 0 heterocycles. The van der Waals surface area contributed by atoms with Crippen LogP contribution in [-0.2, 0) is 43.1 Å². The second-order valence-electron chi connectivity index (χ2n) is 8.69. The molecule has 6 nitrogen and oxygen atoms in total. The molecule has 0 saturated heterocycles. The molecule has 0 radical (unpaired) electrons. The van der Waals surface area contributed by atoms with Crippen LogP contribution in [0.25, 0.3) is 0 Å². The summed E-state index contributed by atoms with van der Waals surface area (Å²) in [5, 5.41) is 0. The van der Waals surface area contributed by atoms with Crippen LogP contribution in [0.3, 0.4) is 0 Å². The second-order valence-corrected chi connectivity index (χ2v) is 8.69. The maximum absolute atomic E-state index is 11.3. The van der Waals surface area contributed by atoms with Gasteiger partial charge in [0.05, 0.1) is 26.4 Å². The lowest BCUT2D eigenvalue weighted by molar-refractivity contribution is -0.138. The Bertz CT molecular complexity index is 1160. The summed E-state index contributed by atoms with van der Waals surface area (Å²) in [6, 6.07) is 24.8. The van der Waals surface area contributed by atoms with E-state index in [1.807, 2.05) is 24.3 Å². The van der Waals surface area contributed by atoms with Gasteiger partial charge in [0, 0.05) is 42.1 Å². The molecule has 0 aliphatic heterocycles. The van der Waals surface area contributed by atoms with E-state index in [-0.39, 0.29) is 0 Å². The van der Waals surface area contributed by atoms with E-state index in [2.05, 4.69) is 73.2 Å². The Morgan fingerprint density at radius 2 is 0.949 bits per heavy atom. The summed E-state index contributed by atoms with van der Waals surface area (Å²) in [4.78, 5) is 24.8. The van der Waals surface area contributed by atoms with Crippen LogP contribution in [0.2, 0.25) is 0 Å². The monoisotopic (exact) mass is 525 g/mol. The molecule has 0 atom stereocenters. The van der Waals surface area contributed by atoms with Crippen molar-refractivity contribution < 1.29 is 23.8 Å². The average molecular weight is 526 g/mol. The maximum Gasteiger partial charge on any atom is 0.330 e. The number of anilines is 3. The standard InChI is InChI=1S/C33H35NO5/c1-4-22-37-23-19-26-7-13-29(14-8-26)34(30-15-9-27(10-16-30)20-24-38-32(35)5-2)31-17-11-28(12-18-31)21-25-39-33(36)6-3/h4-18H,1-3,19-25H2. The van der Waals surface area contributed by atoms with Crippen LogP contribution >= 0.6 is 0 Å². The Morgan fingerprint density at radius 1 is 0.590 bits per heavy atom. The molecule has 0 amide bonds. The van der Waals surface area contributed by atoms with Crippen LogP contribution in [0, 0.1) is 0 Å². The Hall–Kier alpha value is -4.42. The van der Waals surface area contributed by atoms with E-state index < -0.39 is 11.9 Å². The zero-order valence-corrected chi connectivity index (χ0v) is 22.2. The highest BCUT2D eigenvalue weighted by molar-refractivity contribution is 5.81. The molecule has 0 unspecified atom stereocenters. The summed E-state index contributed by atoms with van der Waals surface area (Å²) in [6.07, 6.45) is 6.14. The van der Waals surface area contributed by atoms with E-state index in [1.54, 1.807) is 6.08 Å². The number of hydrogen-bond acceptors (Lipinski definition) is 6. The first kappa shape index (κ1) is 29.1. The summed E-state index contributed by atoms with van der Waals surface area (Å²) in [7, 11) is 0. The van der Waals surface area contributed by atoms with Crippen molar-refractivity contribution in [3.63, 3.8) is 0 Å². The van der Waals surface area contributed by atoms with E-state index in [0.717, 1.165) is 34.6 Å². The SMILES string of the molecule is C=CCOCCc1ccc(N(c2ccc(CCOC(=O)C=C)cc2)c2ccc(CCOC(=O)C=C)cc2)cc1. The zero-order valence-electron chi connectivity index (χ0n) is 22.2. The van der Waals surface area contributed by atoms with Gasteiger partial charge in [-0.15, -0.1) is 6.58 Å². The highest BCUT2D eigenvalue weighted by Crippen LogP contribution is 2.35. The van der Waals surface area contributed by atoms with E-state index in [1.165, 1.54) is 17.7 Å². The van der Waals surface area contributed by atoms with Gasteiger partial charge < -0.3 is 19.1 Å². The molecule has 3 rings (SSSR count). The third kappa shape index (κ3) is 9.43. The second kappa shape index (κ2) is 15.7. The smallest absolute Gasteiger partial charge is 0.330 e. The number of nitrogens with zero attached hydrogens (tertiary/aromatic N) is 1. The normalized spacial score (nSPS) is 10.4. The van der Waals surface area contributed by atoms with Crippen LogP contribution < -0.4 is 4.90 Å². The number of carbonyl (C=O) groups is 2. The molecule has 3 aromatic carbocycles. The van der Waals surface area contributed by atoms with E-state index in [9.17, 15) is 9.59 Å². The molecule has 39 heavy (non-hydrogen) atoms. The van der Waals surface area contributed by atoms with Gasteiger partial charge in [-0.05, 0) is 59.5 Å². The highest BCUT2D eigenvalue weighted by Gasteiger charge is 2.13. The third-order valence-electron chi connectivity index (χ3n) is 5.96. The van der Waals surface area contributed by atoms with Crippen molar-refractivity contribution in [2.24, 2.45) is 0 Å². The largest absolute Gasteiger partial charge is 0.462 e. The predicted octanol–water partition coefficient (Wildman–Crippen LogP) is 6.44. The molecule has 0 aliphatic rings. The molecular formula is C33H35NO5. The maximum atomic E-state index is 11.3. The molecule has 3 aromatic rings. The predicted molar refractivity (Wildman–Crippen MR) is 156 cm³/mol. The van der Waals surface area contributed by atoms with Crippen molar-refractivity contribution in [1.29, 1.82) is 0 Å². The van der Waals surface area contributed by atoms with Crippen molar-refractivity contribution >= 4 is 29.0 Å². The van der Waals surface area contributed by atoms with Crippen molar-refractivity contribution in [1.82, 2.24) is 0 Å². The quantitative estimate of drug-likeness (QED) is 0.0928. The molecule has 0 spiro atoms. The average Bonchev–Trinajstić information content (AvgIpc) is 2.97. The third-order valence-corrected chi connectivity index (χ3v) is 5.96. The fourth-order valence-corrected chi connectivity index (χ4v) is 3.90. The van der Waals surface area contributed by atoms with Gasteiger partial charge >= 0.3 is 11.9 Å². The summed E-state index contributed by atoms with van der Waals surface area (Å²) in [5.41, 5.74) is 6.33. The topological polar surface area (TPSA) is 65.1 Å². The van der Waals surface area contributed by atoms with Gasteiger partial charge in [-0.2, -0.15) is 0 Å². The lowest BCUT2D eigenvalue weighted by Crippen LogP contribution is -2.11. The highest BCUT2D eigenvalue weighted by atomic mass is 16.5. The molecule has 0 saturated carbocycles.